The van der Waals surface area contributed by atoms with Crippen molar-refractivity contribution in [2.75, 3.05) is 38.6 Å². The number of fused-ring (bicyclic) bond motifs is 1. The van der Waals surface area contributed by atoms with Gasteiger partial charge >= 0.3 is 12.1 Å². The minimum Gasteiger partial charge on any atom is -0.493 e. The van der Waals surface area contributed by atoms with Gasteiger partial charge in [0.2, 0.25) is 0 Å². The van der Waals surface area contributed by atoms with Crippen LogP contribution >= 0.6 is 0 Å². The van der Waals surface area contributed by atoms with Crippen LogP contribution in [0.5, 0.6) is 5.75 Å². The minimum absolute atomic E-state index is 0.0512. The topological polar surface area (TPSA) is 105 Å². The SMILES string of the molecule is Cc1nc2cc(S(=O)(=O)N(C)c3ccc([C@H]4CCC[C@@H](COc5ccc(C(F)(F)F)cc5)[C@@H]4C(=O)O)cc3)ccc2n1CCN(C)C. The molecule has 252 valence electrons. The van der Waals surface area contributed by atoms with E-state index < -0.39 is 33.7 Å². The van der Waals surface area contributed by atoms with Gasteiger partial charge in [0.15, 0.2) is 0 Å². The molecule has 0 aliphatic heterocycles. The molecule has 4 aromatic rings. The number of carbonyl (C=O) groups is 1. The number of rotatable bonds is 11. The highest BCUT2D eigenvalue weighted by molar-refractivity contribution is 7.92. The lowest BCUT2D eigenvalue weighted by Gasteiger charge is -2.36. The number of aliphatic carboxylic acids is 1. The van der Waals surface area contributed by atoms with Crippen LogP contribution in [-0.4, -0.2) is 68.2 Å². The number of aryl methyl sites for hydroxylation is 1. The van der Waals surface area contributed by atoms with Crippen LogP contribution in [-0.2, 0) is 27.5 Å². The molecule has 3 atom stereocenters. The maximum Gasteiger partial charge on any atom is 0.416 e. The average Bonchev–Trinajstić information content (AvgIpc) is 3.35. The van der Waals surface area contributed by atoms with E-state index in [2.05, 4.69) is 14.5 Å². The summed E-state index contributed by atoms with van der Waals surface area (Å²) < 4.78 is 75.0. The van der Waals surface area contributed by atoms with Gasteiger partial charge in [0.05, 0.1) is 39.7 Å². The fraction of sp³-hybridized carbons (Fsp3) is 0.412. The summed E-state index contributed by atoms with van der Waals surface area (Å²) in [7, 11) is 1.53. The number of aromatic nitrogens is 2. The van der Waals surface area contributed by atoms with Crippen molar-refractivity contribution in [1.82, 2.24) is 14.5 Å². The van der Waals surface area contributed by atoms with E-state index in [9.17, 15) is 31.5 Å². The number of carboxylic acid groups (broad SMARTS) is 1. The number of anilines is 1. The van der Waals surface area contributed by atoms with E-state index in [1.54, 1.807) is 42.5 Å². The largest absolute Gasteiger partial charge is 0.493 e. The maximum absolute atomic E-state index is 13.6. The molecule has 1 N–H and O–H groups in total. The lowest BCUT2D eigenvalue weighted by molar-refractivity contribution is -0.146. The van der Waals surface area contributed by atoms with Gasteiger partial charge in [0.1, 0.15) is 11.6 Å². The highest BCUT2D eigenvalue weighted by atomic mass is 32.2. The second-order valence-corrected chi connectivity index (χ2v) is 14.3. The van der Waals surface area contributed by atoms with Crippen LogP contribution in [0.2, 0.25) is 0 Å². The molecule has 13 heteroatoms. The van der Waals surface area contributed by atoms with Crippen LogP contribution < -0.4 is 9.04 Å². The van der Waals surface area contributed by atoms with E-state index in [1.165, 1.54) is 23.5 Å². The molecule has 1 saturated carbocycles. The Hall–Kier alpha value is -4.10. The zero-order chi connectivity index (χ0) is 34.1. The Morgan fingerprint density at radius 1 is 1.02 bits per heavy atom. The van der Waals surface area contributed by atoms with Gasteiger partial charge in [-0.2, -0.15) is 13.2 Å². The van der Waals surface area contributed by atoms with E-state index >= 15 is 0 Å². The van der Waals surface area contributed by atoms with Gasteiger partial charge < -0.3 is 19.3 Å². The number of alkyl halides is 3. The van der Waals surface area contributed by atoms with Crippen molar-refractivity contribution in [2.24, 2.45) is 11.8 Å². The highest BCUT2D eigenvalue weighted by Gasteiger charge is 2.40. The van der Waals surface area contributed by atoms with Crippen molar-refractivity contribution in [1.29, 1.82) is 0 Å². The predicted molar refractivity (Wildman–Crippen MR) is 173 cm³/mol. The van der Waals surface area contributed by atoms with E-state index in [-0.39, 0.29) is 29.1 Å². The third kappa shape index (κ3) is 7.41. The van der Waals surface area contributed by atoms with Gasteiger partial charge in [-0.05, 0) is 99.9 Å². The van der Waals surface area contributed by atoms with E-state index in [0.717, 1.165) is 48.5 Å². The summed E-state index contributed by atoms with van der Waals surface area (Å²) in [6, 6.07) is 16.2. The van der Waals surface area contributed by atoms with E-state index in [0.29, 0.717) is 24.0 Å². The van der Waals surface area contributed by atoms with E-state index in [4.69, 9.17) is 4.74 Å². The fourth-order valence-electron chi connectivity index (χ4n) is 6.37. The van der Waals surface area contributed by atoms with Crippen LogP contribution in [0.3, 0.4) is 0 Å². The maximum atomic E-state index is 13.6. The van der Waals surface area contributed by atoms with Crippen LogP contribution in [0.4, 0.5) is 18.9 Å². The summed E-state index contributed by atoms with van der Waals surface area (Å²) in [6.07, 6.45) is -2.48. The van der Waals surface area contributed by atoms with Crippen LogP contribution in [0.25, 0.3) is 11.0 Å². The second-order valence-electron chi connectivity index (χ2n) is 12.3. The number of ether oxygens (including phenoxy) is 1. The first kappa shape index (κ1) is 34.2. The average molecular weight is 673 g/mol. The van der Waals surface area contributed by atoms with Gasteiger partial charge in [0, 0.05) is 26.1 Å². The van der Waals surface area contributed by atoms with Crippen LogP contribution in [0.1, 0.15) is 42.1 Å². The van der Waals surface area contributed by atoms with Gasteiger partial charge in [0.25, 0.3) is 10.0 Å². The van der Waals surface area contributed by atoms with E-state index in [1.807, 2.05) is 21.0 Å². The number of sulfonamides is 1. The first-order chi connectivity index (χ1) is 22.2. The summed E-state index contributed by atoms with van der Waals surface area (Å²) in [5.41, 5.74) is 1.86. The second kappa shape index (κ2) is 13.6. The molecular weight excluding hydrogens is 633 g/mol. The summed E-state index contributed by atoms with van der Waals surface area (Å²) >= 11 is 0. The van der Waals surface area contributed by atoms with Crippen molar-refractivity contribution in [2.45, 2.75) is 49.7 Å². The lowest BCUT2D eigenvalue weighted by Crippen LogP contribution is -2.36. The number of hydrogen-bond acceptors (Lipinski definition) is 6. The van der Waals surface area contributed by atoms with Crippen molar-refractivity contribution in [3.05, 3.63) is 83.7 Å². The molecule has 0 unspecified atom stereocenters. The standard InChI is InChI=1S/C34H39F3N4O5S/c1-22-38-30-20-28(16-17-31(30)41(22)19-18-39(2)3)47(44,45)40(4)26-12-8-23(9-13-26)29-7-5-6-24(32(29)33(42)43)21-46-27-14-10-25(11-15-27)34(35,36)37/h8-17,20,24,29,32H,5-7,18-19,21H2,1-4H3,(H,42,43)/t24-,29+,32-/m0/s1. The number of hydrogen-bond donors (Lipinski definition) is 1. The molecule has 9 nitrogen and oxygen atoms in total. The molecule has 1 fully saturated rings. The fourth-order valence-corrected chi connectivity index (χ4v) is 7.58. The first-order valence-corrected chi connectivity index (χ1v) is 16.8. The number of imidazole rings is 1. The molecule has 0 radical (unpaired) electrons. The van der Waals surface area contributed by atoms with Crippen molar-refractivity contribution < 1.29 is 36.2 Å². The highest BCUT2D eigenvalue weighted by Crippen LogP contribution is 2.42. The molecule has 5 rings (SSSR count). The third-order valence-corrected chi connectivity index (χ3v) is 10.8. The van der Waals surface area contributed by atoms with Gasteiger partial charge in [-0.15, -0.1) is 0 Å². The Morgan fingerprint density at radius 3 is 2.32 bits per heavy atom. The molecule has 0 bridgehead atoms. The van der Waals surface area contributed by atoms with Crippen LogP contribution in [0, 0.1) is 18.8 Å². The monoisotopic (exact) mass is 672 g/mol. The zero-order valence-corrected chi connectivity index (χ0v) is 27.6. The first-order valence-electron chi connectivity index (χ1n) is 15.4. The lowest BCUT2D eigenvalue weighted by atomic mass is 9.69. The van der Waals surface area contributed by atoms with Crippen molar-refractivity contribution in [3.8, 4) is 5.75 Å². The Morgan fingerprint density at radius 2 is 1.70 bits per heavy atom. The Kier molecular flexibility index (Phi) is 9.88. The predicted octanol–water partition coefficient (Wildman–Crippen LogP) is 6.41. The summed E-state index contributed by atoms with van der Waals surface area (Å²) in [4.78, 5) is 19.3. The Balaban J connectivity index is 1.30. The molecule has 1 aliphatic carbocycles. The van der Waals surface area contributed by atoms with Gasteiger partial charge in [-0.3, -0.25) is 9.10 Å². The quantitative estimate of drug-likeness (QED) is 0.196. The number of likely N-dealkylation sites (N-methyl/N-ethyl adjacent to an activating group) is 1. The smallest absolute Gasteiger partial charge is 0.416 e. The number of halogens is 3. The molecule has 0 saturated heterocycles. The van der Waals surface area contributed by atoms with Gasteiger partial charge in [-0.1, -0.05) is 18.6 Å². The summed E-state index contributed by atoms with van der Waals surface area (Å²) in [5.74, 6) is -1.42. The molecule has 1 aromatic heterocycles. The minimum atomic E-state index is -4.46. The Bertz CT molecular complexity index is 1820. The summed E-state index contributed by atoms with van der Waals surface area (Å²) in [6.45, 7) is 3.49. The molecular formula is C34H39F3N4O5S. The van der Waals surface area contributed by atoms with Crippen molar-refractivity contribution >= 4 is 32.7 Å². The normalized spacial score (nSPS) is 18.9. The molecule has 1 heterocycles. The molecule has 0 spiro atoms. The molecule has 1 aliphatic rings. The summed E-state index contributed by atoms with van der Waals surface area (Å²) in [5, 5.41) is 10.2. The number of carboxylic acids is 1. The van der Waals surface area contributed by atoms with Crippen LogP contribution in [0.15, 0.2) is 71.6 Å². The molecule has 47 heavy (non-hydrogen) atoms. The number of nitrogens with zero attached hydrogens (tertiary/aromatic N) is 4. The Labute approximate surface area is 272 Å². The third-order valence-electron chi connectivity index (χ3n) is 8.99. The molecule has 0 amide bonds. The van der Waals surface area contributed by atoms with Crippen molar-refractivity contribution in [3.63, 3.8) is 0 Å². The molecule has 3 aromatic carbocycles. The number of benzene rings is 3. The van der Waals surface area contributed by atoms with Gasteiger partial charge in [-0.25, -0.2) is 13.4 Å². The zero-order valence-electron chi connectivity index (χ0n) is 26.7.